The van der Waals surface area contributed by atoms with E-state index in [4.69, 9.17) is 14.4 Å². The lowest BCUT2D eigenvalue weighted by Crippen LogP contribution is -1.81. The minimum Gasteiger partial charge on any atom is -0.455 e. The number of pyridine rings is 2. The van der Waals surface area contributed by atoms with Gasteiger partial charge in [0.15, 0.2) is 0 Å². The van der Waals surface area contributed by atoms with Gasteiger partial charge in [0.05, 0.1) is 20.4 Å². The molecule has 0 aliphatic heterocycles. The van der Waals surface area contributed by atoms with Crippen molar-refractivity contribution in [2.45, 2.75) is 0 Å². The fraction of sp³-hybridized carbons (Fsp3) is 0. The zero-order chi connectivity index (χ0) is 25.5. The molecule has 182 valence electrons. The largest absolute Gasteiger partial charge is 0.455 e. The fourth-order valence-electron chi connectivity index (χ4n) is 5.88. The number of hydrogen-bond donors (Lipinski definition) is 0. The minimum atomic E-state index is 0.909. The van der Waals surface area contributed by atoms with Crippen LogP contribution in [0.15, 0.2) is 114 Å². The number of hydrogen-bond acceptors (Lipinski definition) is 5. The molecule has 3 nitrogen and oxygen atoms in total. The smallest absolute Gasteiger partial charge is 0.143 e. The maximum Gasteiger partial charge on any atom is 0.143 e. The van der Waals surface area contributed by atoms with Crippen molar-refractivity contribution in [1.29, 1.82) is 0 Å². The molecule has 0 amide bonds. The van der Waals surface area contributed by atoms with Gasteiger partial charge in [-0.25, -0.2) is 0 Å². The highest BCUT2D eigenvalue weighted by Crippen LogP contribution is 2.45. The summed E-state index contributed by atoms with van der Waals surface area (Å²) in [5.41, 5.74) is 8.41. The van der Waals surface area contributed by atoms with Crippen molar-refractivity contribution in [1.82, 2.24) is 9.97 Å². The van der Waals surface area contributed by atoms with E-state index in [9.17, 15) is 0 Å². The van der Waals surface area contributed by atoms with Gasteiger partial charge >= 0.3 is 0 Å². The third-order valence-electron chi connectivity index (χ3n) is 7.62. The van der Waals surface area contributed by atoms with Crippen LogP contribution in [0.4, 0.5) is 0 Å². The van der Waals surface area contributed by atoms with Gasteiger partial charge in [0, 0.05) is 65.6 Å². The highest BCUT2D eigenvalue weighted by atomic mass is 32.1. The van der Waals surface area contributed by atoms with Gasteiger partial charge in [-0.15, -0.1) is 22.7 Å². The van der Waals surface area contributed by atoms with E-state index in [1.165, 1.54) is 29.6 Å². The van der Waals surface area contributed by atoms with Crippen LogP contribution in [0.5, 0.6) is 0 Å². The summed E-state index contributed by atoms with van der Waals surface area (Å²) in [6.07, 6.45) is 3.83. The van der Waals surface area contributed by atoms with Gasteiger partial charge in [-0.3, -0.25) is 9.97 Å². The molecule has 0 saturated heterocycles. The number of furan rings is 1. The van der Waals surface area contributed by atoms with Crippen LogP contribution >= 0.6 is 22.7 Å². The second-order valence-electron chi connectivity index (χ2n) is 9.74. The molecule has 0 atom stereocenters. The van der Waals surface area contributed by atoms with Gasteiger partial charge in [-0.1, -0.05) is 72.8 Å². The molecule has 5 aromatic heterocycles. The maximum absolute atomic E-state index is 6.84. The number of thiophene rings is 2. The Morgan fingerprint density at radius 1 is 0.436 bits per heavy atom. The van der Waals surface area contributed by atoms with E-state index in [2.05, 4.69) is 97.1 Å². The molecule has 0 aliphatic carbocycles. The summed E-state index contributed by atoms with van der Waals surface area (Å²) in [4.78, 5) is 9.51. The molecule has 39 heavy (non-hydrogen) atoms. The molecule has 9 aromatic rings. The molecule has 0 unspecified atom stereocenters. The first-order chi connectivity index (χ1) is 19.3. The molecule has 0 fully saturated rings. The Kier molecular flexibility index (Phi) is 4.36. The van der Waals surface area contributed by atoms with Crippen LogP contribution < -0.4 is 0 Å². The molecule has 5 heteroatoms. The van der Waals surface area contributed by atoms with E-state index in [1.807, 2.05) is 12.4 Å². The summed E-state index contributed by atoms with van der Waals surface area (Å²) >= 11 is 3.58. The van der Waals surface area contributed by atoms with Crippen LogP contribution in [0.3, 0.4) is 0 Å². The zero-order valence-corrected chi connectivity index (χ0v) is 22.1. The molecular formula is C34H18N2OS2. The van der Waals surface area contributed by atoms with Crippen LogP contribution in [-0.2, 0) is 0 Å². The van der Waals surface area contributed by atoms with E-state index >= 15 is 0 Å². The van der Waals surface area contributed by atoms with E-state index in [0.717, 1.165) is 55.2 Å². The first kappa shape index (κ1) is 21.4. The third kappa shape index (κ3) is 2.97. The Balaban J connectivity index is 1.34. The standard InChI is InChI=1S/C34H18N2OS2/c1-3-13-27-25(7-1)29-33(38-27)23(15-17-35-29)21-11-5-9-19-20-10-6-12-22(32(20)37-31(19)21)24-16-18-36-30-26-8-2-4-14-28(26)39-34(24)30/h1-18H. The first-order valence-corrected chi connectivity index (χ1v) is 14.5. The Hall–Kier alpha value is -4.58. The van der Waals surface area contributed by atoms with Crippen molar-refractivity contribution in [3.8, 4) is 22.3 Å². The van der Waals surface area contributed by atoms with Gasteiger partial charge in [0.1, 0.15) is 11.2 Å². The average Bonchev–Trinajstić information content (AvgIpc) is 3.68. The highest BCUT2D eigenvalue weighted by molar-refractivity contribution is 7.26. The van der Waals surface area contributed by atoms with Gasteiger partial charge in [-0.2, -0.15) is 0 Å². The molecule has 4 aromatic carbocycles. The van der Waals surface area contributed by atoms with Crippen molar-refractivity contribution in [2.75, 3.05) is 0 Å². The molecular weight excluding hydrogens is 517 g/mol. The maximum atomic E-state index is 6.84. The number of fused-ring (bicyclic) bond motifs is 9. The number of rotatable bonds is 2. The van der Waals surface area contributed by atoms with Gasteiger partial charge < -0.3 is 4.42 Å². The minimum absolute atomic E-state index is 0.909. The van der Waals surface area contributed by atoms with E-state index in [1.54, 1.807) is 22.7 Å². The van der Waals surface area contributed by atoms with Crippen molar-refractivity contribution < 1.29 is 4.42 Å². The Morgan fingerprint density at radius 2 is 0.897 bits per heavy atom. The predicted molar refractivity (Wildman–Crippen MR) is 166 cm³/mol. The monoisotopic (exact) mass is 534 g/mol. The second-order valence-corrected chi connectivity index (χ2v) is 11.8. The van der Waals surface area contributed by atoms with Crippen molar-refractivity contribution >= 4 is 85.2 Å². The summed E-state index contributed by atoms with van der Waals surface area (Å²) in [5, 5.41) is 4.64. The number of nitrogens with zero attached hydrogens (tertiary/aromatic N) is 2. The molecule has 0 N–H and O–H groups in total. The first-order valence-electron chi connectivity index (χ1n) is 12.8. The summed E-state index contributed by atoms with van der Waals surface area (Å²) in [7, 11) is 0. The summed E-state index contributed by atoms with van der Waals surface area (Å²) in [5.74, 6) is 0. The third-order valence-corrected chi connectivity index (χ3v) is 10.0. The van der Waals surface area contributed by atoms with Crippen LogP contribution in [0.2, 0.25) is 0 Å². The fourth-order valence-corrected chi connectivity index (χ4v) is 8.25. The van der Waals surface area contributed by atoms with E-state index in [-0.39, 0.29) is 0 Å². The number of aromatic nitrogens is 2. The summed E-state index contributed by atoms with van der Waals surface area (Å²) in [6.45, 7) is 0. The average molecular weight is 535 g/mol. The van der Waals surface area contributed by atoms with Crippen molar-refractivity contribution in [3.05, 3.63) is 109 Å². The van der Waals surface area contributed by atoms with E-state index < -0.39 is 0 Å². The lowest BCUT2D eigenvalue weighted by Gasteiger charge is -2.04. The molecule has 0 bridgehead atoms. The van der Waals surface area contributed by atoms with Gasteiger partial charge in [0.2, 0.25) is 0 Å². The Bertz CT molecular complexity index is 2240. The van der Waals surface area contributed by atoms with Crippen LogP contribution in [0.1, 0.15) is 0 Å². The molecule has 0 radical (unpaired) electrons. The van der Waals surface area contributed by atoms with Crippen LogP contribution in [0.25, 0.3) is 84.8 Å². The molecule has 9 rings (SSSR count). The van der Waals surface area contributed by atoms with Gasteiger partial charge in [-0.05, 0) is 24.3 Å². The highest BCUT2D eigenvalue weighted by Gasteiger charge is 2.20. The Morgan fingerprint density at radius 3 is 1.41 bits per heavy atom. The normalized spacial score (nSPS) is 12.1. The lowest BCUT2D eigenvalue weighted by atomic mass is 10.0. The SMILES string of the molecule is c1ccc2c(c1)sc1c(-c3cccc4c3oc3c(-c5ccnc6c5sc5ccccc56)cccc34)ccnc12. The van der Waals surface area contributed by atoms with Crippen LogP contribution in [-0.4, -0.2) is 9.97 Å². The molecule has 0 saturated carbocycles. The Labute approximate surface area is 230 Å². The number of para-hydroxylation sites is 2. The summed E-state index contributed by atoms with van der Waals surface area (Å²) < 4.78 is 11.7. The topological polar surface area (TPSA) is 38.9 Å². The predicted octanol–water partition coefficient (Wildman–Crippen LogP) is 10.4. The molecule has 0 spiro atoms. The second kappa shape index (κ2) is 7.96. The van der Waals surface area contributed by atoms with Crippen molar-refractivity contribution in [3.63, 3.8) is 0 Å². The molecule has 5 heterocycles. The van der Waals surface area contributed by atoms with Crippen LogP contribution in [0, 0.1) is 0 Å². The lowest BCUT2D eigenvalue weighted by molar-refractivity contribution is 0.671. The number of benzene rings is 4. The summed E-state index contributed by atoms with van der Waals surface area (Å²) in [6, 6.07) is 34.2. The quantitative estimate of drug-likeness (QED) is 0.221. The van der Waals surface area contributed by atoms with Crippen molar-refractivity contribution in [2.24, 2.45) is 0 Å². The van der Waals surface area contributed by atoms with Gasteiger partial charge in [0.25, 0.3) is 0 Å². The zero-order valence-electron chi connectivity index (χ0n) is 20.5. The molecule has 0 aliphatic rings. The van der Waals surface area contributed by atoms with E-state index in [0.29, 0.717) is 0 Å².